The van der Waals surface area contributed by atoms with E-state index in [0.717, 1.165) is 50.9 Å². The number of primary amides is 1. The van der Waals surface area contributed by atoms with Crippen molar-refractivity contribution in [1.82, 2.24) is 21.0 Å². The van der Waals surface area contributed by atoms with Gasteiger partial charge in [0.2, 0.25) is 5.91 Å². The minimum absolute atomic E-state index is 0.0208. The second-order valence-electron chi connectivity index (χ2n) is 11.0. The van der Waals surface area contributed by atoms with Crippen LogP contribution in [0.3, 0.4) is 0 Å². The average molecular weight is 576 g/mol. The van der Waals surface area contributed by atoms with Gasteiger partial charge in [-0.2, -0.15) is 5.26 Å². The lowest BCUT2D eigenvalue weighted by Crippen LogP contribution is -2.38. The van der Waals surface area contributed by atoms with E-state index in [2.05, 4.69) is 80.6 Å². The standard InChI is InChI=1S/C28H31BrN8O/c1-28(2,3)15-33-24-18(12-30)13-32-26-21(24)10-19(11-22(26)29)34-25(16-5-4-6-17(9-16)27(31)38)23-14-37(36-35-23)20-7-8-20/h4-6,9-11,13-14,20,25,34-36H,7-8,15H2,1-3H3,(H2,31,38)(H,32,33)/t25-/m0/s1. The first-order valence-electron chi connectivity index (χ1n) is 12.6. The van der Waals surface area contributed by atoms with Crippen molar-refractivity contribution in [2.24, 2.45) is 11.1 Å². The lowest BCUT2D eigenvalue weighted by Gasteiger charge is -2.24. The summed E-state index contributed by atoms with van der Waals surface area (Å²) < 4.78 is 0.802. The van der Waals surface area contributed by atoms with E-state index in [0.29, 0.717) is 23.7 Å². The third kappa shape index (κ3) is 5.54. The molecule has 6 N–H and O–H groups in total. The van der Waals surface area contributed by atoms with Crippen LogP contribution in [0.5, 0.6) is 0 Å². The molecule has 1 atom stereocenters. The van der Waals surface area contributed by atoms with Crippen LogP contribution in [-0.2, 0) is 0 Å². The fraction of sp³-hybridized carbons (Fsp3) is 0.321. The van der Waals surface area contributed by atoms with Gasteiger partial charge in [-0.1, -0.05) is 32.9 Å². The van der Waals surface area contributed by atoms with E-state index in [1.54, 1.807) is 12.3 Å². The second-order valence-corrected chi connectivity index (χ2v) is 11.8. The monoisotopic (exact) mass is 574 g/mol. The molecule has 38 heavy (non-hydrogen) atoms. The van der Waals surface area contributed by atoms with Crippen LogP contribution in [0.1, 0.15) is 61.1 Å². The lowest BCUT2D eigenvalue weighted by molar-refractivity contribution is 0.1000. The number of anilines is 2. The summed E-state index contributed by atoms with van der Waals surface area (Å²) in [6.07, 6.45) is 5.95. The lowest BCUT2D eigenvalue weighted by atomic mass is 9.96. The number of nitrogens with zero attached hydrogens (tertiary/aromatic N) is 3. The molecule has 0 bridgehead atoms. The van der Waals surface area contributed by atoms with Crippen molar-refractivity contribution in [2.75, 3.05) is 17.2 Å². The zero-order valence-corrected chi connectivity index (χ0v) is 23.2. The molecule has 10 heteroatoms. The average Bonchev–Trinajstić information content (AvgIpc) is 3.62. The van der Waals surface area contributed by atoms with E-state index < -0.39 is 5.91 Å². The van der Waals surface area contributed by atoms with Gasteiger partial charge in [-0.3, -0.25) is 14.8 Å². The van der Waals surface area contributed by atoms with Crippen molar-refractivity contribution in [1.29, 1.82) is 5.26 Å². The molecule has 1 amide bonds. The zero-order chi connectivity index (χ0) is 27.0. The van der Waals surface area contributed by atoms with Gasteiger partial charge in [-0.25, -0.2) is 0 Å². The van der Waals surface area contributed by atoms with Gasteiger partial charge in [0, 0.05) is 46.1 Å². The molecule has 0 unspecified atom stereocenters. The highest BCUT2D eigenvalue weighted by Gasteiger charge is 2.32. The summed E-state index contributed by atoms with van der Waals surface area (Å²) in [6, 6.07) is 13.7. The highest BCUT2D eigenvalue weighted by atomic mass is 79.9. The third-order valence-electron chi connectivity index (χ3n) is 6.52. The van der Waals surface area contributed by atoms with Gasteiger partial charge >= 0.3 is 0 Å². The Hall–Kier alpha value is -3.81. The van der Waals surface area contributed by atoms with E-state index in [4.69, 9.17) is 5.73 Å². The number of carbonyl (C=O) groups is 1. The van der Waals surface area contributed by atoms with Crippen LogP contribution in [-0.4, -0.2) is 28.5 Å². The molecular weight excluding hydrogens is 544 g/mol. The molecule has 0 radical (unpaired) electrons. The van der Waals surface area contributed by atoms with Gasteiger partial charge in [0.15, 0.2) is 0 Å². The van der Waals surface area contributed by atoms with Crippen molar-refractivity contribution in [2.45, 2.75) is 45.7 Å². The Morgan fingerprint density at radius 3 is 2.79 bits per heavy atom. The number of carbonyl (C=O) groups excluding carboxylic acids is 1. The molecule has 1 aliphatic heterocycles. The fourth-order valence-corrected chi connectivity index (χ4v) is 4.95. The fourth-order valence-electron chi connectivity index (χ4n) is 4.39. The van der Waals surface area contributed by atoms with E-state index in [9.17, 15) is 10.1 Å². The molecule has 5 rings (SSSR count). The van der Waals surface area contributed by atoms with Crippen LogP contribution in [0.15, 0.2) is 59.0 Å². The van der Waals surface area contributed by atoms with Gasteiger partial charge in [-0.05, 0) is 64.0 Å². The molecule has 1 fully saturated rings. The summed E-state index contributed by atoms with van der Waals surface area (Å²) in [5, 5.41) is 19.8. The van der Waals surface area contributed by atoms with Gasteiger partial charge < -0.3 is 21.8 Å². The van der Waals surface area contributed by atoms with Crippen molar-refractivity contribution in [3.63, 3.8) is 0 Å². The molecule has 2 aliphatic rings. The first kappa shape index (κ1) is 25.8. The number of halogens is 1. The van der Waals surface area contributed by atoms with Crippen molar-refractivity contribution >= 4 is 44.1 Å². The highest BCUT2D eigenvalue weighted by Crippen LogP contribution is 2.37. The summed E-state index contributed by atoms with van der Waals surface area (Å²) in [5.41, 5.74) is 17.2. The molecule has 1 aliphatic carbocycles. The number of hydrogen-bond donors (Lipinski definition) is 5. The van der Waals surface area contributed by atoms with Crippen LogP contribution in [0.2, 0.25) is 0 Å². The van der Waals surface area contributed by atoms with Crippen LogP contribution < -0.4 is 27.3 Å². The molecule has 9 nitrogen and oxygen atoms in total. The number of nitrogens with one attached hydrogen (secondary N) is 4. The quantitative estimate of drug-likeness (QED) is 0.256. The predicted octanol–water partition coefficient (Wildman–Crippen LogP) is 4.91. The highest BCUT2D eigenvalue weighted by molar-refractivity contribution is 9.10. The number of benzene rings is 2. The molecule has 0 spiro atoms. The number of aromatic nitrogens is 1. The molecule has 2 heterocycles. The summed E-state index contributed by atoms with van der Waals surface area (Å²) in [4.78, 5) is 16.5. The van der Waals surface area contributed by atoms with Crippen LogP contribution in [0.4, 0.5) is 11.4 Å². The minimum atomic E-state index is -0.477. The molecular formula is C28H31BrN8O. The number of hydrogen-bond acceptors (Lipinski definition) is 8. The van der Waals surface area contributed by atoms with E-state index in [-0.39, 0.29) is 11.5 Å². The minimum Gasteiger partial charge on any atom is -0.383 e. The Bertz CT molecular complexity index is 1470. The number of fused-ring (bicyclic) bond motifs is 1. The summed E-state index contributed by atoms with van der Waals surface area (Å²) in [5.74, 6) is -0.477. The topological polar surface area (TPSA) is 131 Å². The van der Waals surface area contributed by atoms with Crippen molar-refractivity contribution in [3.8, 4) is 6.07 Å². The number of pyridine rings is 1. The predicted molar refractivity (Wildman–Crippen MR) is 153 cm³/mol. The Morgan fingerprint density at radius 2 is 2.11 bits per heavy atom. The summed E-state index contributed by atoms with van der Waals surface area (Å²) >= 11 is 3.69. The van der Waals surface area contributed by atoms with Crippen LogP contribution >= 0.6 is 15.9 Å². The third-order valence-corrected chi connectivity index (χ3v) is 7.12. The first-order valence-corrected chi connectivity index (χ1v) is 13.4. The maximum atomic E-state index is 11.9. The largest absolute Gasteiger partial charge is 0.383 e. The number of hydrazine groups is 2. The zero-order valence-electron chi connectivity index (χ0n) is 21.6. The molecule has 1 aromatic heterocycles. The maximum absolute atomic E-state index is 11.9. The first-order chi connectivity index (χ1) is 18.1. The smallest absolute Gasteiger partial charge is 0.248 e. The van der Waals surface area contributed by atoms with Crippen LogP contribution in [0.25, 0.3) is 10.9 Å². The SMILES string of the molecule is CC(C)(C)CNc1c(C#N)cnc2c(Br)cc(N[C@H](C3=CN(C4CC4)NN3)c3cccc(C(N)=O)c3)cc12. The van der Waals surface area contributed by atoms with Crippen molar-refractivity contribution < 1.29 is 4.79 Å². The molecule has 2 aromatic carbocycles. The second kappa shape index (κ2) is 10.2. The van der Waals surface area contributed by atoms with E-state index in [1.807, 2.05) is 30.3 Å². The molecule has 0 saturated heterocycles. The maximum Gasteiger partial charge on any atom is 0.248 e. The normalized spacial score (nSPS) is 16.0. The molecule has 1 saturated carbocycles. The van der Waals surface area contributed by atoms with E-state index in [1.165, 1.54) is 0 Å². The number of rotatable bonds is 8. The van der Waals surface area contributed by atoms with E-state index >= 15 is 0 Å². The number of amides is 1. The Kier molecular flexibility index (Phi) is 6.90. The molecule has 3 aromatic rings. The Labute approximate surface area is 230 Å². The summed E-state index contributed by atoms with van der Waals surface area (Å²) in [6.45, 7) is 7.12. The van der Waals surface area contributed by atoms with Gasteiger partial charge in [0.25, 0.3) is 0 Å². The van der Waals surface area contributed by atoms with Gasteiger partial charge in [-0.15, -0.1) is 5.53 Å². The number of nitriles is 1. The Morgan fingerprint density at radius 1 is 1.32 bits per heavy atom. The number of nitrogens with two attached hydrogens (primary N) is 1. The molecule has 196 valence electrons. The van der Waals surface area contributed by atoms with Gasteiger partial charge in [0.1, 0.15) is 6.07 Å². The van der Waals surface area contributed by atoms with Crippen molar-refractivity contribution in [3.05, 3.63) is 75.7 Å². The van der Waals surface area contributed by atoms with Crippen LogP contribution in [0, 0.1) is 16.7 Å². The summed E-state index contributed by atoms with van der Waals surface area (Å²) in [7, 11) is 0. The Balaban J connectivity index is 1.57. The van der Waals surface area contributed by atoms with Gasteiger partial charge in [0.05, 0.1) is 28.5 Å².